The zero-order valence-corrected chi connectivity index (χ0v) is 34.2. The van der Waals surface area contributed by atoms with Crippen LogP contribution in [-0.2, 0) is 9.53 Å². The fraction of sp³-hybridized carbons (Fsp3) is 0.936. The summed E-state index contributed by atoms with van der Waals surface area (Å²) in [6, 6.07) is 0. The van der Waals surface area contributed by atoms with Gasteiger partial charge in [-0.05, 0) is 128 Å². The van der Waals surface area contributed by atoms with Crippen molar-refractivity contribution in [3.63, 3.8) is 0 Å². The van der Waals surface area contributed by atoms with E-state index in [4.69, 9.17) is 4.74 Å². The molecular weight excluding hydrogens is 597 g/mol. The first-order valence-corrected chi connectivity index (χ1v) is 22.2. The normalized spacial score (nSPS) is 37.9. The molecule has 0 heterocycles. The van der Waals surface area contributed by atoms with Crippen molar-refractivity contribution in [3.05, 3.63) is 12.2 Å². The summed E-state index contributed by atoms with van der Waals surface area (Å²) in [5, 5.41) is 0. The predicted octanol–water partition coefficient (Wildman–Crippen LogP) is 14.4. The van der Waals surface area contributed by atoms with Crippen LogP contribution in [0.1, 0.15) is 216 Å². The second-order valence-corrected chi connectivity index (χ2v) is 20.3. The Labute approximate surface area is 305 Å². The van der Waals surface area contributed by atoms with Gasteiger partial charge in [-0.2, -0.15) is 0 Å². The van der Waals surface area contributed by atoms with E-state index in [1.807, 2.05) is 0 Å². The molecule has 2 heteroatoms. The Balaban J connectivity index is 1.07. The number of carbonyl (C=O) groups excluding carboxylic acids is 1. The standard InChI is InChI=1S/C47H82O2/c1-10-11-12-13-14-15-16-17-18-19-20-21-22-23-42(48)49-41-29-31-46-34-47(46)33-32-44(8)38(37(5)25-24-36(4)35(2)3)28-30-45(44,9)40(47)27-26-39(46)43(41,6)7/h35,37-41H,4,10-34H2,1-3,5-9H3/t37-,38+,39?,40?,41+,44-,45+,46-,47+/m1/s1. The minimum absolute atomic E-state index is 0.0836. The predicted molar refractivity (Wildman–Crippen MR) is 209 cm³/mol. The van der Waals surface area contributed by atoms with Crippen molar-refractivity contribution in [3.8, 4) is 0 Å². The Kier molecular flexibility index (Phi) is 12.9. The van der Waals surface area contributed by atoms with E-state index in [1.54, 1.807) is 0 Å². The van der Waals surface area contributed by atoms with Gasteiger partial charge < -0.3 is 4.74 Å². The highest BCUT2D eigenvalue weighted by molar-refractivity contribution is 5.69. The molecule has 5 fully saturated rings. The van der Waals surface area contributed by atoms with Gasteiger partial charge in [-0.25, -0.2) is 0 Å². The number of carbonyl (C=O) groups is 1. The molecule has 0 aromatic carbocycles. The van der Waals surface area contributed by atoms with Gasteiger partial charge in [0.15, 0.2) is 0 Å². The summed E-state index contributed by atoms with van der Waals surface area (Å²) in [6.45, 7) is 24.4. The van der Waals surface area contributed by atoms with Crippen molar-refractivity contribution in [2.45, 2.75) is 222 Å². The molecule has 0 saturated heterocycles. The van der Waals surface area contributed by atoms with E-state index in [2.05, 4.69) is 62.0 Å². The van der Waals surface area contributed by atoms with Gasteiger partial charge in [0.1, 0.15) is 6.10 Å². The van der Waals surface area contributed by atoms with Gasteiger partial charge in [0.2, 0.25) is 0 Å². The lowest BCUT2D eigenvalue weighted by molar-refractivity contribution is -0.183. The fourth-order valence-corrected chi connectivity index (χ4v) is 13.9. The third-order valence-electron chi connectivity index (χ3n) is 17.3. The number of fused-ring (bicyclic) bond motifs is 2. The molecule has 5 aliphatic carbocycles. The van der Waals surface area contributed by atoms with Crippen molar-refractivity contribution in [2.75, 3.05) is 0 Å². The zero-order valence-electron chi connectivity index (χ0n) is 34.2. The van der Waals surface area contributed by atoms with Crippen molar-refractivity contribution < 1.29 is 9.53 Å². The molecule has 0 aromatic rings. The minimum Gasteiger partial charge on any atom is -0.462 e. The lowest BCUT2D eigenvalue weighted by Crippen LogP contribution is -2.58. The molecule has 49 heavy (non-hydrogen) atoms. The summed E-state index contributed by atoms with van der Waals surface area (Å²) >= 11 is 0. The lowest BCUT2D eigenvalue weighted by Gasteiger charge is -2.63. The molecule has 0 amide bonds. The molecule has 5 saturated carbocycles. The average Bonchev–Trinajstić information content (AvgIpc) is 3.64. The molecule has 5 aliphatic rings. The molecule has 282 valence electrons. The molecule has 2 nitrogen and oxygen atoms in total. The van der Waals surface area contributed by atoms with E-state index in [9.17, 15) is 4.79 Å². The van der Waals surface area contributed by atoms with E-state index in [-0.39, 0.29) is 17.5 Å². The summed E-state index contributed by atoms with van der Waals surface area (Å²) in [5.74, 6) is 3.96. The summed E-state index contributed by atoms with van der Waals surface area (Å²) in [6.07, 6.45) is 33.1. The summed E-state index contributed by atoms with van der Waals surface area (Å²) in [7, 11) is 0. The highest BCUT2D eigenvalue weighted by Crippen LogP contribution is 2.89. The van der Waals surface area contributed by atoms with Gasteiger partial charge in [0, 0.05) is 11.8 Å². The van der Waals surface area contributed by atoms with Crippen LogP contribution < -0.4 is 0 Å². The third-order valence-corrected chi connectivity index (χ3v) is 17.3. The van der Waals surface area contributed by atoms with Crippen LogP contribution in [0.4, 0.5) is 0 Å². The van der Waals surface area contributed by atoms with Crippen LogP contribution in [0.25, 0.3) is 0 Å². The van der Waals surface area contributed by atoms with Crippen LogP contribution in [-0.4, -0.2) is 12.1 Å². The molecule has 2 unspecified atom stereocenters. The van der Waals surface area contributed by atoms with E-state index < -0.39 is 0 Å². The second-order valence-electron chi connectivity index (χ2n) is 20.3. The third kappa shape index (κ3) is 7.53. The number of ether oxygens (including phenoxy) is 1. The maximum absolute atomic E-state index is 13.2. The molecule has 0 aromatic heterocycles. The van der Waals surface area contributed by atoms with Crippen molar-refractivity contribution in [1.82, 2.24) is 0 Å². The molecule has 0 N–H and O–H groups in total. The first-order valence-electron chi connectivity index (χ1n) is 22.2. The maximum atomic E-state index is 13.2. The Morgan fingerprint density at radius 3 is 1.86 bits per heavy atom. The van der Waals surface area contributed by atoms with Crippen LogP contribution in [0.15, 0.2) is 12.2 Å². The van der Waals surface area contributed by atoms with Gasteiger partial charge in [0.05, 0.1) is 0 Å². The van der Waals surface area contributed by atoms with E-state index >= 15 is 0 Å². The number of unbranched alkanes of at least 4 members (excludes halogenated alkanes) is 12. The largest absolute Gasteiger partial charge is 0.462 e. The van der Waals surface area contributed by atoms with E-state index in [0.29, 0.717) is 39.9 Å². The number of rotatable bonds is 20. The summed E-state index contributed by atoms with van der Waals surface area (Å²) in [4.78, 5) is 13.2. The van der Waals surface area contributed by atoms with Crippen LogP contribution in [0.5, 0.6) is 0 Å². The zero-order chi connectivity index (χ0) is 35.5. The maximum Gasteiger partial charge on any atom is 0.306 e. The molecule has 2 spiro atoms. The van der Waals surface area contributed by atoms with E-state index in [1.165, 1.54) is 147 Å². The number of allylic oxidation sites excluding steroid dienone is 1. The quantitative estimate of drug-likeness (QED) is 0.0728. The van der Waals surface area contributed by atoms with Gasteiger partial charge in [-0.1, -0.05) is 145 Å². The summed E-state index contributed by atoms with van der Waals surface area (Å²) in [5.41, 5.74) is 3.58. The molecule has 0 radical (unpaired) electrons. The van der Waals surface area contributed by atoms with Gasteiger partial charge in [-0.15, -0.1) is 0 Å². The SMILES string of the molecule is C=C(CC[C@@H](C)[C@@H]1CC[C@@]2(C)C3CCC4C(C)(C)[C@@H](OC(=O)CCCCCCCCCCCCCCC)CC[C@@]45C[C@@]35CC[C@]12C)C(C)C. The highest BCUT2D eigenvalue weighted by atomic mass is 16.5. The van der Waals surface area contributed by atoms with Crippen LogP contribution >= 0.6 is 0 Å². The molecule has 0 aliphatic heterocycles. The lowest BCUT2D eigenvalue weighted by atomic mass is 9.41. The number of hydrogen-bond donors (Lipinski definition) is 0. The van der Waals surface area contributed by atoms with Crippen molar-refractivity contribution in [2.24, 2.45) is 56.7 Å². The fourth-order valence-electron chi connectivity index (χ4n) is 13.9. The van der Waals surface area contributed by atoms with E-state index in [0.717, 1.165) is 30.6 Å². The topological polar surface area (TPSA) is 26.3 Å². The Hall–Kier alpha value is -0.790. The van der Waals surface area contributed by atoms with Gasteiger partial charge >= 0.3 is 5.97 Å². The van der Waals surface area contributed by atoms with Gasteiger partial charge in [0.25, 0.3) is 0 Å². The van der Waals surface area contributed by atoms with Gasteiger partial charge in [-0.3, -0.25) is 4.79 Å². The Morgan fingerprint density at radius 1 is 0.673 bits per heavy atom. The molecule has 0 bridgehead atoms. The Bertz CT molecular complexity index is 1100. The average molecular weight is 679 g/mol. The first kappa shape index (κ1) is 39.4. The molecule has 9 atom stereocenters. The van der Waals surface area contributed by atoms with Crippen LogP contribution in [0.3, 0.4) is 0 Å². The monoisotopic (exact) mass is 679 g/mol. The molecular formula is C47H82O2. The van der Waals surface area contributed by atoms with Crippen LogP contribution in [0.2, 0.25) is 0 Å². The first-order chi connectivity index (χ1) is 23.3. The highest BCUT2D eigenvalue weighted by Gasteiger charge is 2.82. The second kappa shape index (κ2) is 16.1. The number of esters is 1. The molecule has 5 rings (SSSR count). The Morgan fingerprint density at radius 2 is 1.24 bits per heavy atom. The van der Waals surface area contributed by atoms with Crippen molar-refractivity contribution in [1.29, 1.82) is 0 Å². The minimum atomic E-state index is 0.0836. The smallest absolute Gasteiger partial charge is 0.306 e. The summed E-state index contributed by atoms with van der Waals surface area (Å²) < 4.78 is 6.41. The number of hydrogen-bond acceptors (Lipinski definition) is 2. The van der Waals surface area contributed by atoms with Crippen molar-refractivity contribution >= 4 is 5.97 Å². The van der Waals surface area contributed by atoms with Crippen LogP contribution in [0, 0.1) is 56.7 Å².